The van der Waals surface area contributed by atoms with Crippen molar-refractivity contribution >= 4 is 0 Å². The molecule has 0 N–H and O–H groups in total. The van der Waals surface area contributed by atoms with E-state index in [0.29, 0.717) is 0 Å². The van der Waals surface area contributed by atoms with Gasteiger partial charge in [-0.25, -0.2) is 0 Å². The first-order valence-electron chi connectivity index (χ1n) is 8.73. The predicted molar refractivity (Wildman–Crippen MR) is 97.4 cm³/mol. The number of allylic oxidation sites excluding steroid dienone is 2. The van der Waals surface area contributed by atoms with Crippen molar-refractivity contribution in [3.8, 4) is 0 Å². The van der Waals surface area contributed by atoms with E-state index in [1.54, 1.807) is 11.1 Å². The van der Waals surface area contributed by atoms with Gasteiger partial charge in [-0.05, 0) is 47.9 Å². The number of hydrogen-bond donors (Lipinski definition) is 0. The summed E-state index contributed by atoms with van der Waals surface area (Å²) in [5.41, 5.74) is 9.50. The Kier molecular flexibility index (Phi) is 6.00. The molecule has 2 aromatic carbocycles. The van der Waals surface area contributed by atoms with E-state index in [-0.39, 0.29) is 0 Å². The van der Waals surface area contributed by atoms with Crippen molar-refractivity contribution in [2.45, 2.75) is 53.4 Å². The number of rotatable bonds is 0. The molecular formula is C22H28. The van der Waals surface area contributed by atoms with Gasteiger partial charge in [0.2, 0.25) is 0 Å². The highest BCUT2D eigenvalue weighted by Crippen LogP contribution is 2.34. The van der Waals surface area contributed by atoms with Crippen molar-refractivity contribution < 1.29 is 0 Å². The minimum Gasteiger partial charge on any atom is -0.0683 e. The monoisotopic (exact) mass is 292 g/mol. The van der Waals surface area contributed by atoms with Gasteiger partial charge >= 0.3 is 0 Å². The third kappa shape index (κ3) is 3.32. The van der Waals surface area contributed by atoms with Gasteiger partial charge in [0.05, 0.1) is 0 Å². The lowest BCUT2D eigenvalue weighted by Gasteiger charge is -2.28. The zero-order valence-corrected chi connectivity index (χ0v) is 14.4. The fourth-order valence-electron chi connectivity index (χ4n) is 3.35. The molecular weight excluding hydrogens is 264 g/mol. The molecule has 2 aromatic rings. The summed E-state index contributed by atoms with van der Waals surface area (Å²) >= 11 is 0. The molecule has 22 heavy (non-hydrogen) atoms. The van der Waals surface area contributed by atoms with Gasteiger partial charge in [-0.1, -0.05) is 87.4 Å². The van der Waals surface area contributed by atoms with Crippen molar-refractivity contribution in [2.75, 3.05) is 0 Å². The number of hydrogen-bond acceptors (Lipinski definition) is 0. The average Bonchev–Trinajstić information content (AvgIpc) is 2.61. The summed E-state index contributed by atoms with van der Waals surface area (Å²) in [6.07, 6.45) is 4.67. The molecule has 0 aromatic heterocycles. The van der Waals surface area contributed by atoms with Gasteiger partial charge in [0.25, 0.3) is 0 Å². The Morgan fingerprint density at radius 2 is 0.682 bits per heavy atom. The van der Waals surface area contributed by atoms with Crippen molar-refractivity contribution in [2.24, 2.45) is 0 Å². The molecule has 0 unspecified atom stereocenters. The highest BCUT2D eigenvalue weighted by Gasteiger charge is 2.22. The van der Waals surface area contributed by atoms with Crippen LogP contribution in [0.3, 0.4) is 0 Å². The van der Waals surface area contributed by atoms with Crippen molar-refractivity contribution in [3.63, 3.8) is 0 Å². The summed E-state index contributed by atoms with van der Waals surface area (Å²) in [7, 11) is 0. The van der Waals surface area contributed by atoms with Gasteiger partial charge in [0.1, 0.15) is 0 Å². The number of fused-ring (bicyclic) bond motifs is 2. The molecule has 0 aliphatic heterocycles. The van der Waals surface area contributed by atoms with Crippen LogP contribution in [-0.2, 0) is 25.7 Å². The van der Waals surface area contributed by atoms with Crippen LogP contribution in [-0.4, -0.2) is 0 Å². The third-order valence-corrected chi connectivity index (χ3v) is 4.35. The standard InChI is InChI=1S/C18H16.2C2H6/c1-2-6-14-10-18-12-16-8-4-3-7-15(16)11-17(18)9-13(14)5-1;2*1-2/h1-8H,9-12H2;2*1-2H3. The molecule has 4 rings (SSSR count). The van der Waals surface area contributed by atoms with Crippen LogP contribution in [0, 0.1) is 0 Å². The first kappa shape index (κ1) is 16.5. The molecule has 0 saturated heterocycles. The Morgan fingerprint density at radius 3 is 0.909 bits per heavy atom. The lowest BCUT2D eigenvalue weighted by molar-refractivity contribution is 0.831. The Hall–Kier alpha value is -1.82. The normalized spacial score (nSPS) is 14.4. The molecule has 0 heteroatoms. The zero-order chi connectivity index (χ0) is 15.9. The Morgan fingerprint density at radius 1 is 0.455 bits per heavy atom. The maximum atomic E-state index is 2.29. The molecule has 0 bridgehead atoms. The molecule has 2 aliphatic rings. The molecule has 0 fully saturated rings. The largest absolute Gasteiger partial charge is 0.0683 e. The SMILES string of the molecule is CC.CC.c1ccc2c(c1)CC1=C(C2)Cc2ccccc2C1. The van der Waals surface area contributed by atoms with Gasteiger partial charge < -0.3 is 0 Å². The summed E-state index contributed by atoms with van der Waals surface area (Å²) in [5, 5.41) is 0. The van der Waals surface area contributed by atoms with E-state index in [9.17, 15) is 0 Å². The number of benzene rings is 2. The molecule has 0 nitrogen and oxygen atoms in total. The van der Waals surface area contributed by atoms with Gasteiger partial charge in [-0.2, -0.15) is 0 Å². The van der Waals surface area contributed by atoms with Crippen molar-refractivity contribution in [3.05, 3.63) is 81.9 Å². The van der Waals surface area contributed by atoms with Crippen molar-refractivity contribution in [1.29, 1.82) is 0 Å². The van der Waals surface area contributed by atoms with Crippen LogP contribution in [0.4, 0.5) is 0 Å². The van der Waals surface area contributed by atoms with E-state index < -0.39 is 0 Å². The molecule has 0 saturated carbocycles. The minimum absolute atomic E-state index is 1.17. The lowest BCUT2D eigenvalue weighted by atomic mass is 9.77. The first-order valence-corrected chi connectivity index (χ1v) is 8.73. The Balaban J connectivity index is 0.000000410. The van der Waals surface area contributed by atoms with Crippen molar-refractivity contribution in [1.82, 2.24) is 0 Å². The van der Waals surface area contributed by atoms with E-state index >= 15 is 0 Å². The Labute approximate surface area is 135 Å². The summed E-state index contributed by atoms with van der Waals surface area (Å²) in [5.74, 6) is 0. The quantitative estimate of drug-likeness (QED) is 0.528. The summed E-state index contributed by atoms with van der Waals surface area (Å²) in [4.78, 5) is 0. The van der Waals surface area contributed by atoms with E-state index in [1.165, 1.54) is 47.9 Å². The van der Waals surface area contributed by atoms with Crippen LogP contribution < -0.4 is 0 Å². The molecule has 0 heterocycles. The molecule has 116 valence electrons. The fourth-order valence-corrected chi connectivity index (χ4v) is 3.35. The van der Waals surface area contributed by atoms with E-state index in [0.717, 1.165) is 0 Å². The molecule has 0 spiro atoms. The van der Waals surface area contributed by atoms with Crippen LogP contribution >= 0.6 is 0 Å². The minimum atomic E-state index is 1.17. The van der Waals surface area contributed by atoms with Crippen LogP contribution in [0.25, 0.3) is 0 Å². The van der Waals surface area contributed by atoms with Crippen LogP contribution in [0.15, 0.2) is 59.7 Å². The van der Waals surface area contributed by atoms with Crippen LogP contribution in [0.2, 0.25) is 0 Å². The Bertz CT molecular complexity index is 535. The fraction of sp³-hybridized carbons (Fsp3) is 0.364. The first-order chi connectivity index (χ1) is 10.9. The summed E-state index contributed by atoms with van der Waals surface area (Å²) < 4.78 is 0. The van der Waals surface area contributed by atoms with Crippen LogP contribution in [0.5, 0.6) is 0 Å². The highest BCUT2D eigenvalue weighted by atomic mass is 14.3. The summed E-state index contributed by atoms with van der Waals surface area (Å²) in [6, 6.07) is 17.8. The second kappa shape index (κ2) is 7.98. The van der Waals surface area contributed by atoms with Gasteiger partial charge in [0, 0.05) is 0 Å². The average molecular weight is 292 g/mol. The van der Waals surface area contributed by atoms with E-state index in [4.69, 9.17) is 0 Å². The van der Waals surface area contributed by atoms with E-state index in [2.05, 4.69) is 48.5 Å². The van der Waals surface area contributed by atoms with E-state index in [1.807, 2.05) is 27.7 Å². The van der Waals surface area contributed by atoms with Gasteiger partial charge in [-0.3, -0.25) is 0 Å². The smallest absolute Gasteiger partial charge is 0.00580 e. The predicted octanol–water partition coefficient (Wildman–Crippen LogP) is 5.93. The highest BCUT2D eigenvalue weighted by molar-refractivity contribution is 5.48. The molecule has 0 atom stereocenters. The molecule has 2 aliphatic carbocycles. The topological polar surface area (TPSA) is 0 Å². The van der Waals surface area contributed by atoms with Gasteiger partial charge in [-0.15, -0.1) is 0 Å². The third-order valence-electron chi connectivity index (χ3n) is 4.35. The maximum absolute atomic E-state index is 2.29. The summed E-state index contributed by atoms with van der Waals surface area (Å²) in [6.45, 7) is 8.00. The molecule has 0 radical (unpaired) electrons. The lowest BCUT2D eigenvalue weighted by Crippen LogP contribution is -2.17. The van der Waals surface area contributed by atoms with Gasteiger partial charge in [0.15, 0.2) is 0 Å². The second-order valence-electron chi connectivity index (χ2n) is 5.45. The second-order valence-corrected chi connectivity index (χ2v) is 5.45. The maximum Gasteiger partial charge on any atom is -0.00580 e. The molecule has 0 amide bonds. The zero-order valence-electron chi connectivity index (χ0n) is 14.4. The van der Waals surface area contributed by atoms with Crippen LogP contribution in [0.1, 0.15) is 49.9 Å².